The maximum absolute atomic E-state index is 9.21. The minimum atomic E-state index is -0.367. The van der Waals surface area contributed by atoms with Gasteiger partial charge in [0.1, 0.15) is 0 Å². The molecule has 0 fully saturated rings. The summed E-state index contributed by atoms with van der Waals surface area (Å²) < 4.78 is 4.94. The van der Waals surface area contributed by atoms with Gasteiger partial charge in [0, 0.05) is 13.6 Å². The molecule has 4 N–H and O–H groups in total. The number of nitrogens with two attached hydrogens (primary N) is 1. The minimum absolute atomic E-state index is 0.187. The summed E-state index contributed by atoms with van der Waals surface area (Å²) in [4.78, 5) is 13.8. The quantitative estimate of drug-likeness (QED) is 0.447. The fraction of sp³-hybridized carbons (Fsp3) is 0.667. The normalized spacial score (nSPS) is 12.1. The van der Waals surface area contributed by atoms with Crippen molar-refractivity contribution in [2.75, 3.05) is 31.0 Å². The van der Waals surface area contributed by atoms with Gasteiger partial charge in [-0.2, -0.15) is 15.0 Å². The lowest BCUT2D eigenvalue weighted by molar-refractivity contribution is 0.186. The lowest BCUT2D eigenvalue weighted by atomic mass is 10.3. The molecule has 0 spiro atoms. The lowest BCUT2D eigenvalue weighted by Gasteiger charge is -2.18. The molecule has 96 valence electrons. The number of ether oxygens (including phenoxy) is 1. The second-order valence-electron chi connectivity index (χ2n) is 3.65. The first-order valence-electron chi connectivity index (χ1n) is 5.22. The number of aliphatic hydroxyl groups is 1. The van der Waals surface area contributed by atoms with Crippen LogP contribution in [0.25, 0.3) is 0 Å². The number of nitrogen functional groups attached to an aromatic ring is 1. The van der Waals surface area contributed by atoms with Crippen molar-refractivity contribution in [1.29, 1.82) is 0 Å². The second-order valence-corrected chi connectivity index (χ2v) is 3.65. The molecule has 0 aromatic carbocycles. The molecule has 0 saturated heterocycles. The number of aromatic nitrogens is 3. The average molecular weight is 242 g/mol. The molecule has 1 heterocycles. The Balaban J connectivity index is 2.80. The van der Waals surface area contributed by atoms with Gasteiger partial charge in [-0.25, -0.2) is 5.84 Å². The van der Waals surface area contributed by atoms with Gasteiger partial charge in [0.05, 0.1) is 13.2 Å². The number of hydrogen-bond acceptors (Lipinski definition) is 8. The Morgan fingerprint density at radius 2 is 2.18 bits per heavy atom. The zero-order chi connectivity index (χ0) is 12.8. The van der Waals surface area contributed by atoms with Crippen molar-refractivity contribution in [2.45, 2.75) is 19.4 Å². The van der Waals surface area contributed by atoms with Crippen molar-refractivity contribution in [3.05, 3.63) is 0 Å². The topological polar surface area (TPSA) is 109 Å². The first-order valence-corrected chi connectivity index (χ1v) is 5.22. The summed E-state index contributed by atoms with van der Waals surface area (Å²) in [6.07, 6.45) is 0.254. The van der Waals surface area contributed by atoms with Crippen LogP contribution in [-0.4, -0.2) is 46.9 Å². The second kappa shape index (κ2) is 6.16. The van der Waals surface area contributed by atoms with Crippen LogP contribution in [0.1, 0.15) is 13.3 Å². The Kier molecular flexibility index (Phi) is 4.85. The van der Waals surface area contributed by atoms with Gasteiger partial charge in [-0.1, -0.05) is 0 Å². The van der Waals surface area contributed by atoms with Crippen LogP contribution in [0.2, 0.25) is 0 Å². The number of nitrogens with zero attached hydrogens (tertiary/aromatic N) is 4. The summed E-state index contributed by atoms with van der Waals surface area (Å²) in [5, 5.41) is 9.21. The first-order chi connectivity index (χ1) is 8.06. The van der Waals surface area contributed by atoms with Crippen LogP contribution in [0.4, 0.5) is 11.9 Å². The maximum Gasteiger partial charge on any atom is 0.322 e. The first kappa shape index (κ1) is 13.4. The number of aliphatic hydroxyl groups excluding tert-OH is 1. The number of rotatable bonds is 6. The summed E-state index contributed by atoms with van der Waals surface area (Å²) >= 11 is 0. The predicted octanol–water partition coefficient (Wildman–Crippen LogP) is -0.627. The Morgan fingerprint density at radius 1 is 1.47 bits per heavy atom. The van der Waals surface area contributed by atoms with E-state index >= 15 is 0 Å². The summed E-state index contributed by atoms with van der Waals surface area (Å²) in [5.74, 6) is 5.92. The number of hydrazine groups is 1. The van der Waals surface area contributed by atoms with Gasteiger partial charge in [0.2, 0.25) is 11.9 Å². The monoisotopic (exact) mass is 242 g/mol. The van der Waals surface area contributed by atoms with E-state index in [-0.39, 0.29) is 18.1 Å². The van der Waals surface area contributed by atoms with Crippen molar-refractivity contribution < 1.29 is 9.84 Å². The Hall–Kier alpha value is -1.67. The van der Waals surface area contributed by atoms with Gasteiger partial charge in [0.25, 0.3) is 0 Å². The van der Waals surface area contributed by atoms with Crippen molar-refractivity contribution in [3.63, 3.8) is 0 Å². The van der Waals surface area contributed by atoms with Crippen LogP contribution < -0.4 is 20.9 Å². The van der Waals surface area contributed by atoms with Crippen molar-refractivity contribution >= 4 is 11.9 Å². The van der Waals surface area contributed by atoms with Crippen molar-refractivity contribution in [3.8, 4) is 6.01 Å². The predicted molar refractivity (Wildman–Crippen MR) is 63.8 cm³/mol. The highest BCUT2D eigenvalue weighted by Gasteiger charge is 2.10. The molecule has 17 heavy (non-hydrogen) atoms. The van der Waals surface area contributed by atoms with Gasteiger partial charge >= 0.3 is 6.01 Å². The number of methoxy groups -OCH3 is 1. The van der Waals surface area contributed by atoms with Crippen molar-refractivity contribution in [2.24, 2.45) is 5.84 Å². The van der Waals surface area contributed by atoms with E-state index < -0.39 is 0 Å². The molecular weight excluding hydrogens is 224 g/mol. The highest BCUT2D eigenvalue weighted by molar-refractivity contribution is 5.36. The van der Waals surface area contributed by atoms with E-state index in [0.717, 1.165) is 0 Å². The molecule has 0 saturated carbocycles. The highest BCUT2D eigenvalue weighted by Crippen LogP contribution is 2.13. The average Bonchev–Trinajstić information content (AvgIpc) is 2.34. The van der Waals surface area contributed by atoms with Gasteiger partial charge < -0.3 is 14.7 Å². The molecule has 0 radical (unpaired) electrons. The van der Waals surface area contributed by atoms with Crippen LogP contribution >= 0.6 is 0 Å². The molecule has 1 rings (SSSR count). The van der Waals surface area contributed by atoms with E-state index in [1.54, 1.807) is 11.8 Å². The molecule has 0 amide bonds. The van der Waals surface area contributed by atoms with E-state index in [0.29, 0.717) is 18.9 Å². The molecule has 0 aliphatic rings. The van der Waals surface area contributed by atoms with Crippen LogP contribution in [0.5, 0.6) is 6.01 Å². The molecular formula is C9H18N6O2. The Morgan fingerprint density at radius 3 is 2.71 bits per heavy atom. The molecule has 1 unspecified atom stereocenters. The fourth-order valence-corrected chi connectivity index (χ4v) is 1.15. The molecule has 0 bridgehead atoms. The molecule has 8 heteroatoms. The minimum Gasteiger partial charge on any atom is -0.467 e. The Labute approximate surface area is 99.8 Å². The molecule has 1 aromatic heterocycles. The molecule has 1 aromatic rings. The van der Waals surface area contributed by atoms with Crippen molar-refractivity contribution in [1.82, 2.24) is 15.0 Å². The summed E-state index contributed by atoms with van der Waals surface area (Å²) in [7, 11) is 3.28. The zero-order valence-corrected chi connectivity index (χ0v) is 10.2. The van der Waals surface area contributed by atoms with E-state index in [4.69, 9.17) is 10.6 Å². The number of nitrogens with one attached hydrogen (secondary N) is 1. The van der Waals surface area contributed by atoms with Crippen LogP contribution in [-0.2, 0) is 0 Å². The lowest BCUT2D eigenvalue weighted by Crippen LogP contribution is -2.25. The van der Waals surface area contributed by atoms with Crippen LogP contribution in [0.15, 0.2) is 0 Å². The summed E-state index contributed by atoms with van der Waals surface area (Å²) in [5.41, 5.74) is 2.34. The van der Waals surface area contributed by atoms with E-state index in [9.17, 15) is 5.11 Å². The fourth-order valence-electron chi connectivity index (χ4n) is 1.15. The molecule has 0 aliphatic heterocycles. The van der Waals surface area contributed by atoms with Gasteiger partial charge in [-0.15, -0.1) is 0 Å². The third-order valence-corrected chi connectivity index (χ3v) is 2.14. The number of hydrogen-bond donors (Lipinski definition) is 3. The van der Waals surface area contributed by atoms with Gasteiger partial charge in [0.15, 0.2) is 0 Å². The largest absolute Gasteiger partial charge is 0.467 e. The Bertz CT molecular complexity index is 337. The highest BCUT2D eigenvalue weighted by atomic mass is 16.5. The van der Waals surface area contributed by atoms with Crippen LogP contribution in [0, 0.1) is 0 Å². The van der Waals surface area contributed by atoms with Gasteiger partial charge in [-0.3, -0.25) is 5.43 Å². The zero-order valence-electron chi connectivity index (χ0n) is 10.2. The SMILES string of the molecule is COc1nc(NN)nc(N(C)CCC(C)O)n1. The third kappa shape index (κ3) is 4.00. The summed E-state index contributed by atoms with van der Waals surface area (Å²) in [6, 6.07) is 0.187. The smallest absolute Gasteiger partial charge is 0.322 e. The molecule has 1 atom stereocenters. The standard InChI is InChI=1S/C9H18N6O2/c1-6(16)4-5-15(2)8-11-7(14-10)12-9(13-8)17-3/h6,16H,4-5,10H2,1-3H3,(H,11,12,13,14). The molecule has 0 aliphatic carbocycles. The van der Waals surface area contributed by atoms with E-state index in [1.165, 1.54) is 7.11 Å². The summed E-state index contributed by atoms with van der Waals surface area (Å²) in [6.45, 7) is 2.35. The third-order valence-electron chi connectivity index (χ3n) is 2.14. The van der Waals surface area contributed by atoms with Crippen LogP contribution in [0.3, 0.4) is 0 Å². The van der Waals surface area contributed by atoms with E-state index in [2.05, 4.69) is 20.4 Å². The molecule has 8 nitrogen and oxygen atoms in total. The van der Waals surface area contributed by atoms with Gasteiger partial charge in [-0.05, 0) is 13.3 Å². The van der Waals surface area contributed by atoms with E-state index in [1.807, 2.05) is 7.05 Å². The maximum atomic E-state index is 9.21. The number of anilines is 2.